The SMILES string of the molecule is CCCCCCCCCCCCCCCCCCNC(=O)O[N+]1(CC)C(C)=C(C(=O)OC)C(N)=C(C2CCO2)C1C.[I-]. The van der Waals surface area contributed by atoms with E-state index in [4.69, 9.17) is 20.0 Å². The van der Waals surface area contributed by atoms with Gasteiger partial charge >= 0.3 is 12.1 Å². The zero-order chi connectivity index (χ0) is 30.1. The highest BCUT2D eigenvalue weighted by Crippen LogP contribution is 2.41. The quantitative estimate of drug-likeness (QED) is 0.0786. The van der Waals surface area contributed by atoms with E-state index in [0.717, 1.165) is 24.8 Å². The number of rotatable bonds is 21. The van der Waals surface area contributed by atoms with Gasteiger partial charge in [0.05, 0.1) is 25.5 Å². The maximum Gasteiger partial charge on any atom is 0.462 e. The van der Waals surface area contributed by atoms with Crippen LogP contribution >= 0.6 is 0 Å². The third-order valence-electron chi connectivity index (χ3n) is 9.04. The molecule has 0 aliphatic carbocycles. The van der Waals surface area contributed by atoms with Gasteiger partial charge in [0, 0.05) is 25.5 Å². The maximum absolute atomic E-state index is 12.9. The van der Waals surface area contributed by atoms with Gasteiger partial charge in [0.15, 0.2) is 11.7 Å². The van der Waals surface area contributed by atoms with E-state index in [-0.39, 0.29) is 46.3 Å². The first kappa shape index (κ1) is 38.7. The molecule has 0 saturated carbocycles. The van der Waals surface area contributed by atoms with Gasteiger partial charge in [-0.25, -0.2) is 14.4 Å². The second-order valence-electron chi connectivity index (χ2n) is 11.9. The zero-order valence-electron chi connectivity index (χ0n) is 27.2. The molecule has 0 aromatic heterocycles. The molecule has 3 unspecified atom stereocenters. The van der Waals surface area contributed by atoms with E-state index < -0.39 is 12.1 Å². The van der Waals surface area contributed by atoms with Crippen molar-refractivity contribution in [3.8, 4) is 0 Å². The summed E-state index contributed by atoms with van der Waals surface area (Å²) in [6, 6.07) is -0.278. The third kappa shape index (κ3) is 11.3. The largest absolute Gasteiger partial charge is 1.00 e. The third-order valence-corrected chi connectivity index (χ3v) is 9.04. The fourth-order valence-electron chi connectivity index (χ4n) is 6.32. The van der Waals surface area contributed by atoms with Gasteiger partial charge in [0.25, 0.3) is 0 Å². The minimum atomic E-state index is -0.531. The van der Waals surface area contributed by atoms with Crippen molar-refractivity contribution < 1.29 is 52.5 Å². The standard InChI is InChI=1S/C33H59N3O5.HI/c1-6-8-9-10-11-12-13-14-15-16-17-18-19-20-21-22-24-35-33(38)41-36(7-2)26(3)29(28-23-25-40-28)31(34)30(27(36)4)32(37)39-5;/h26,28H,6-25,34H2,1-5H3;1H. The molecule has 2 aliphatic heterocycles. The summed E-state index contributed by atoms with van der Waals surface area (Å²) in [7, 11) is 1.33. The number of carbonyl (C=O) groups is 2. The van der Waals surface area contributed by atoms with Crippen LogP contribution in [0.4, 0.5) is 4.79 Å². The van der Waals surface area contributed by atoms with Crippen molar-refractivity contribution in [2.75, 3.05) is 26.8 Å². The molecule has 2 heterocycles. The number of likely N-dealkylation sites (N-methyl/N-ethyl adjacent to an activating group) is 1. The Hall–Kier alpha value is -1.33. The number of hydrogen-bond acceptors (Lipinski definition) is 6. The number of carbonyl (C=O) groups excluding carboxylic acids is 2. The molecule has 0 radical (unpaired) electrons. The van der Waals surface area contributed by atoms with Crippen molar-refractivity contribution in [2.45, 2.75) is 149 Å². The Bertz CT molecular complexity index is 874. The van der Waals surface area contributed by atoms with Crippen molar-refractivity contribution >= 4 is 12.1 Å². The van der Waals surface area contributed by atoms with Gasteiger partial charge in [-0.3, -0.25) is 0 Å². The lowest BCUT2D eigenvalue weighted by Crippen LogP contribution is -3.00. The normalized spacial score (nSPS) is 21.9. The lowest BCUT2D eigenvalue weighted by Gasteiger charge is -2.45. The molecule has 0 bridgehead atoms. The van der Waals surface area contributed by atoms with Crippen LogP contribution in [0.5, 0.6) is 0 Å². The number of methoxy groups -OCH3 is 1. The molecular weight excluding hydrogens is 645 g/mol. The van der Waals surface area contributed by atoms with E-state index in [1.807, 2.05) is 13.8 Å². The molecule has 0 spiro atoms. The highest BCUT2D eigenvalue weighted by molar-refractivity contribution is 5.94. The van der Waals surface area contributed by atoms with Gasteiger partial charge in [-0.05, 0) is 20.3 Å². The van der Waals surface area contributed by atoms with Crippen LogP contribution in [0, 0.1) is 0 Å². The molecule has 0 aromatic rings. The van der Waals surface area contributed by atoms with E-state index in [1.54, 1.807) is 6.92 Å². The number of esters is 1. The van der Waals surface area contributed by atoms with Crippen molar-refractivity contribution in [2.24, 2.45) is 5.73 Å². The van der Waals surface area contributed by atoms with Crippen LogP contribution in [0.15, 0.2) is 22.5 Å². The fourth-order valence-corrected chi connectivity index (χ4v) is 6.32. The van der Waals surface area contributed by atoms with Gasteiger partial charge in [-0.15, -0.1) is 0 Å². The Kier molecular flexibility index (Phi) is 19.7. The summed E-state index contributed by atoms with van der Waals surface area (Å²) in [6.07, 6.45) is 21.2. The van der Waals surface area contributed by atoms with Crippen LogP contribution in [0.1, 0.15) is 137 Å². The number of amides is 1. The topological polar surface area (TPSA) is 99.9 Å². The Labute approximate surface area is 273 Å². The number of hydroxylamine groups is 3. The summed E-state index contributed by atoms with van der Waals surface area (Å²) in [5.41, 5.74) is 8.50. The summed E-state index contributed by atoms with van der Waals surface area (Å²) in [5.74, 6) is -0.531. The molecule has 2 rings (SSSR count). The molecule has 244 valence electrons. The van der Waals surface area contributed by atoms with Gasteiger partial charge in [0.1, 0.15) is 12.1 Å². The molecule has 3 atom stereocenters. The van der Waals surface area contributed by atoms with Crippen LogP contribution in [0.2, 0.25) is 0 Å². The molecule has 42 heavy (non-hydrogen) atoms. The summed E-state index contributed by atoms with van der Waals surface area (Å²) < 4.78 is 10.6. The van der Waals surface area contributed by atoms with Crippen molar-refractivity contribution in [1.82, 2.24) is 5.32 Å². The molecular formula is C33H60IN3O5. The van der Waals surface area contributed by atoms with Gasteiger partial charge < -0.3 is 44.5 Å². The molecule has 3 N–H and O–H groups in total. The number of halogens is 1. The Balaban J connectivity index is 0.00000882. The average molecular weight is 706 g/mol. The van der Waals surface area contributed by atoms with Crippen molar-refractivity contribution in [1.29, 1.82) is 0 Å². The number of allylic oxidation sites excluding steroid dienone is 1. The Morgan fingerprint density at radius 1 is 0.905 bits per heavy atom. The monoisotopic (exact) mass is 705 g/mol. The fraction of sp³-hybridized carbons (Fsp3) is 0.818. The minimum absolute atomic E-state index is 0. The number of unbranched alkanes of at least 4 members (excludes halogenated alkanes) is 15. The van der Waals surface area contributed by atoms with Gasteiger partial charge in [0.2, 0.25) is 0 Å². The predicted octanol–water partition coefficient (Wildman–Crippen LogP) is 4.58. The van der Waals surface area contributed by atoms with E-state index in [9.17, 15) is 9.59 Å². The number of nitrogens with one attached hydrogen (secondary N) is 1. The average Bonchev–Trinajstić information content (AvgIpc) is 2.94. The number of quaternary nitrogens is 1. The molecule has 2 aliphatic rings. The summed E-state index contributed by atoms with van der Waals surface area (Å²) in [5, 5.41) is 2.93. The van der Waals surface area contributed by atoms with Crippen LogP contribution in [0.25, 0.3) is 0 Å². The van der Waals surface area contributed by atoms with E-state index in [1.165, 1.54) is 97.0 Å². The highest BCUT2D eigenvalue weighted by Gasteiger charge is 2.52. The summed E-state index contributed by atoms with van der Waals surface area (Å²) in [6.45, 7) is 9.65. The second kappa shape index (κ2) is 21.4. The number of nitrogens with two attached hydrogens (primary N) is 1. The van der Waals surface area contributed by atoms with E-state index in [2.05, 4.69) is 12.2 Å². The molecule has 8 nitrogen and oxygen atoms in total. The van der Waals surface area contributed by atoms with Crippen LogP contribution < -0.4 is 35.0 Å². The zero-order valence-corrected chi connectivity index (χ0v) is 29.4. The van der Waals surface area contributed by atoms with Gasteiger partial charge in [-0.1, -0.05) is 108 Å². The smallest absolute Gasteiger partial charge is 0.462 e. The molecule has 1 fully saturated rings. The summed E-state index contributed by atoms with van der Waals surface area (Å²) in [4.78, 5) is 31.7. The number of ether oxygens (including phenoxy) is 2. The molecule has 1 amide bonds. The van der Waals surface area contributed by atoms with Crippen molar-refractivity contribution in [3.63, 3.8) is 0 Å². The minimum Gasteiger partial charge on any atom is -1.00 e. The first-order valence-corrected chi connectivity index (χ1v) is 16.6. The number of nitrogens with zero attached hydrogens (tertiary/aromatic N) is 1. The molecule has 1 saturated heterocycles. The maximum atomic E-state index is 12.9. The molecule has 0 aromatic carbocycles. The van der Waals surface area contributed by atoms with Crippen LogP contribution in [-0.2, 0) is 19.1 Å². The lowest BCUT2D eigenvalue weighted by atomic mass is 9.87. The van der Waals surface area contributed by atoms with Crippen LogP contribution in [-0.4, -0.2) is 55.7 Å². The van der Waals surface area contributed by atoms with E-state index >= 15 is 0 Å². The highest BCUT2D eigenvalue weighted by atomic mass is 127. The first-order valence-electron chi connectivity index (χ1n) is 16.6. The Morgan fingerprint density at radius 3 is 1.79 bits per heavy atom. The number of hydrogen-bond donors (Lipinski definition) is 2. The van der Waals surface area contributed by atoms with Crippen LogP contribution in [0.3, 0.4) is 0 Å². The first-order chi connectivity index (χ1) is 19.8. The summed E-state index contributed by atoms with van der Waals surface area (Å²) >= 11 is 0. The lowest BCUT2D eigenvalue weighted by molar-refractivity contribution is -1.07. The van der Waals surface area contributed by atoms with E-state index in [0.29, 0.717) is 31.1 Å². The second-order valence-corrected chi connectivity index (χ2v) is 11.9. The van der Waals surface area contributed by atoms with Crippen molar-refractivity contribution in [3.05, 3.63) is 22.5 Å². The predicted molar refractivity (Wildman–Crippen MR) is 165 cm³/mol. The Morgan fingerprint density at radius 2 is 1.38 bits per heavy atom. The molecule has 9 heteroatoms. The van der Waals surface area contributed by atoms with Gasteiger partial charge in [-0.2, -0.15) is 0 Å².